The van der Waals surface area contributed by atoms with E-state index in [1.807, 2.05) is 13.8 Å². The monoisotopic (exact) mass is 210 g/mol. The van der Waals surface area contributed by atoms with Gasteiger partial charge in [-0.15, -0.1) is 0 Å². The van der Waals surface area contributed by atoms with Crippen molar-refractivity contribution in [2.24, 2.45) is 0 Å². The van der Waals surface area contributed by atoms with Crippen molar-refractivity contribution in [3.05, 3.63) is 0 Å². The van der Waals surface area contributed by atoms with Gasteiger partial charge in [-0.2, -0.15) is 0 Å². The standard InChI is InChI=1S/C6H13BrO.C2H6/c7-5-3-1-2-4-6-8;1-2/h8H,1-6H2;1-2H3. The van der Waals surface area contributed by atoms with Crippen LogP contribution < -0.4 is 0 Å². The highest BCUT2D eigenvalue weighted by Crippen LogP contribution is 2.00. The first-order valence-electron chi connectivity index (χ1n) is 4.08. The zero-order valence-electron chi connectivity index (χ0n) is 7.07. The van der Waals surface area contributed by atoms with E-state index in [4.69, 9.17) is 5.11 Å². The topological polar surface area (TPSA) is 20.2 Å². The lowest BCUT2D eigenvalue weighted by molar-refractivity contribution is 0.283. The highest BCUT2D eigenvalue weighted by Gasteiger charge is 1.84. The maximum Gasteiger partial charge on any atom is 0.0431 e. The molecule has 0 aromatic rings. The van der Waals surface area contributed by atoms with Crippen molar-refractivity contribution in [2.75, 3.05) is 11.9 Å². The van der Waals surface area contributed by atoms with Crippen LogP contribution in [-0.4, -0.2) is 17.0 Å². The van der Waals surface area contributed by atoms with Crippen molar-refractivity contribution >= 4 is 15.9 Å². The van der Waals surface area contributed by atoms with Crippen LogP contribution >= 0.6 is 15.9 Å². The number of halogens is 1. The van der Waals surface area contributed by atoms with Crippen molar-refractivity contribution in [2.45, 2.75) is 39.5 Å². The Balaban J connectivity index is 0. The fourth-order valence-corrected chi connectivity index (χ4v) is 0.956. The third kappa shape index (κ3) is 15.8. The van der Waals surface area contributed by atoms with Crippen molar-refractivity contribution in [1.82, 2.24) is 0 Å². The van der Waals surface area contributed by atoms with E-state index in [0.29, 0.717) is 6.61 Å². The third-order valence-electron chi connectivity index (χ3n) is 1.04. The Morgan fingerprint density at radius 3 is 1.90 bits per heavy atom. The Bertz CT molecular complexity index is 34.2. The van der Waals surface area contributed by atoms with Gasteiger partial charge in [-0.3, -0.25) is 0 Å². The molecule has 64 valence electrons. The fraction of sp³-hybridized carbons (Fsp3) is 1.00. The number of alkyl halides is 1. The summed E-state index contributed by atoms with van der Waals surface area (Å²) in [5.74, 6) is 0. The van der Waals surface area contributed by atoms with E-state index in [2.05, 4.69) is 15.9 Å². The molecule has 0 heterocycles. The van der Waals surface area contributed by atoms with Crippen LogP contribution in [0.2, 0.25) is 0 Å². The molecule has 0 radical (unpaired) electrons. The molecule has 0 amide bonds. The second-order valence-corrected chi connectivity index (χ2v) is 2.62. The predicted molar refractivity (Wildman–Crippen MR) is 50.7 cm³/mol. The molecule has 0 fully saturated rings. The molecule has 2 heteroatoms. The van der Waals surface area contributed by atoms with Crippen LogP contribution in [0.5, 0.6) is 0 Å². The number of hydrogen-bond donors (Lipinski definition) is 1. The Hall–Kier alpha value is 0.440. The predicted octanol–water partition coefficient (Wildman–Crippen LogP) is 2.96. The minimum absolute atomic E-state index is 0.349. The molecule has 10 heavy (non-hydrogen) atoms. The van der Waals surface area contributed by atoms with Crippen molar-refractivity contribution in [3.8, 4) is 0 Å². The van der Waals surface area contributed by atoms with Gasteiger partial charge in [-0.1, -0.05) is 42.6 Å². The molecule has 1 nitrogen and oxygen atoms in total. The SMILES string of the molecule is CC.OCCCCCCBr. The third-order valence-corrected chi connectivity index (χ3v) is 1.60. The van der Waals surface area contributed by atoms with Gasteiger partial charge in [0, 0.05) is 11.9 Å². The van der Waals surface area contributed by atoms with Crippen molar-refractivity contribution in [1.29, 1.82) is 0 Å². The molecule has 0 aromatic carbocycles. The number of aliphatic hydroxyl groups is 1. The lowest BCUT2D eigenvalue weighted by atomic mass is 10.2. The van der Waals surface area contributed by atoms with Crippen LogP contribution in [0.4, 0.5) is 0 Å². The largest absolute Gasteiger partial charge is 0.396 e. The molecule has 0 bridgehead atoms. The van der Waals surface area contributed by atoms with Gasteiger partial charge in [-0.05, 0) is 12.8 Å². The lowest BCUT2D eigenvalue weighted by Crippen LogP contribution is -1.82. The molecule has 0 aliphatic rings. The van der Waals surface area contributed by atoms with E-state index in [-0.39, 0.29) is 0 Å². The van der Waals surface area contributed by atoms with E-state index in [1.165, 1.54) is 19.3 Å². The first-order chi connectivity index (χ1) is 4.91. The second kappa shape index (κ2) is 16.2. The summed E-state index contributed by atoms with van der Waals surface area (Å²) in [7, 11) is 0. The summed E-state index contributed by atoms with van der Waals surface area (Å²) >= 11 is 3.34. The summed E-state index contributed by atoms with van der Waals surface area (Å²) in [6.07, 6.45) is 4.61. The van der Waals surface area contributed by atoms with E-state index in [9.17, 15) is 0 Å². The molecular formula is C8H19BrO. The van der Waals surface area contributed by atoms with E-state index in [1.54, 1.807) is 0 Å². The molecule has 0 aliphatic carbocycles. The summed E-state index contributed by atoms with van der Waals surface area (Å²) < 4.78 is 0. The van der Waals surface area contributed by atoms with Crippen LogP contribution in [0.15, 0.2) is 0 Å². The maximum atomic E-state index is 8.35. The smallest absolute Gasteiger partial charge is 0.0431 e. The van der Waals surface area contributed by atoms with Gasteiger partial charge in [0.1, 0.15) is 0 Å². The molecule has 0 spiro atoms. The number of hydrogen-bond acceptors (Lipinski definition) is 1. The van der Waals surface area contributed by atoms with Gasteiger partial charge in [0.05, 0.1) is 0 Å². The van der Waals surface area contributed by atoms with Gasteiger partial charge in [0.15, 0.2) is 0 Å². The second-order valence-electron chi connectivity index (χ2n) is 1.83. The maximum absolute atomic E-state index is 8.35. The van der Waals surface area contributed by atoms with Gasteiger partial charge in [-0.25, -0.2) is 0 Å². The molecule has 0 unspecified atom stereocenters. The number of rotatable bonds is 5. The minimum atomic E-state index is 0.349. The lowest BCUT2D eigenvalue weighted by Gasteiger charge is -1.92. The summed E-state index contributed by atoms with van der Waals surface area (Å²) in [6.45, 7) is 4.35. The molecule has 1 N–H and O–H groups in total. The highest BCUT2D eigenvalue weighted by molar-refractivity contribution is 9.09. The van der Waals surface area contributed by atoms with Crippen LogP contribution in [0.3, 0.4) is 0 Å². The molecule has 0 atom stereocenters. The van der Waals surface area contributed by atoms with Crippen molar-refractivity contribution in [3.63, 3.8) is 0 Å². The summed E-state index contributed by atoms with van der Waals surface area (Å²) in [5, 5.41) is 9.45. The van der Waals surface area contributed by atoms with Gasteiger partial charge >= 0.3 is 0 Å². The fourth-order valence-electron chi connectivity index (χ4n) is 0.560. The summed E-state index contributed by atoms with van der Waals surface area (Å²) in [4.78, 5) is 0. The number of aliphatic hydroxyl groups excluding tert-OH is 1. The molecule has 0 saturated carbocycles. The van der Waals surface area contributed by atoms with E-state index in [0.717, 1.165) is 11.8 Å². The Labute approximate surface area is 73.0 Å². The van der Waals surface area contributed by atoms with Crippen molar-refractivity contribution < 1.29 is 5.11 Å². The summed E-state index contributed by atoms with van der Waals surface area (Å²) in [6, 6.07) is 0. The van der Waals surface area contributed by atoms with Gasteiger partial charge in [0.2, 0.25) is 0 Å². The average molecular weight is 211 g/mol. The van der Waals surface area contributed by atoms with Crippen LogP contribution in [0.1, 0.15) is 39.5 Å². The molecular weight excluding hydrogens is 192 g/mol. The molecule has 0 rings (SSSR count). The zero-order valence-corrected chi connectivity index (χ0v) is 8.65. The van der Waals surface area contributed by atoms with Gasteiger partial charge < -0.3 is 5.11 Å². The van der Waals surface area contributed by atoms with Gasteiger partial charge in [0.25, 0.3) is 0 Å². The highest BCUT2D eigenvalue weighted by atomic mass is 79.9. The normalized spacial score (nSPS) is 8.40. The van der Waals surface area contributed by atoms with Crippen LogP contribution in [0, 0.1) is 0 Å². The average Bonchev–Trinajstić information content (AvgIpc) is 2.02. The zero-order chi connectivity index (χ0) is 8.24. The molecule has 0 saturated heterocycles. The molecule has 0 aliphatic heterocycles. The van der Waals surface area contributed by atoms with E-state index >= 15 is 0 Å². The summed E-state index contributed by atoms with van der Waals surface area (Å²) in [5.41, 5.74) is 0. The minimum Gasteiger partial charge on any atom is -0.396 e. The van der Waals surface area contributed by atoms with Crippen LogP contribution in [-0.2, 0) is 0 Å². The quantitative estimate of drug-likeness (QED) is 0.547. The first-order valence-corrected chi connectivity index (χ1v) is 5.20. The van der Waals surface area contributed by atoms with Crippen LogP contribution in [0.25, 0.3) is 0 Å². The molecule has 0 aromatic heterocycles. The first kappa shape index (κ1) is 13.1. The Morgan fingerprint density at radius 2 is 1.50 bits per heavy atom. The Kier molecular flexibility index (Phi) is 21.2. The van der Waals surface area contributed by atoms with E-state index < -0.39 is 0 Å². The Morgan fingerprint density at radius 1 is 1.00 bits per heavy atom. The number of unbranched alkanes of at least 4 members (excludes halogenated alkanes) is 3.